The zero-order chi connectivity index (χ0) is 34.7. The second kappa shape index (κ2) is 17.4. The van der Waals surface area contributed by atoms with Crippen LogP contribution in [0, 0.1) is 0 Å². The number of imidazole rings is 1. The number of carbonyl (C=O) groups excluding carboxylic acids is 1. The summed E-state index contributed by atoms with van der Waals surface area (Å²) in [7, 11) is -11.4. The molecule has 0 radical (unpaired) electrons. The largest absolute Gasteiger partial charge is 0.480 e. The van der Waals surface area contributed by atoms with Gasteiger partial charge in [-0.3, -0.25) is 47.9 Å². The van der Waals surface area contributed by atoms with Crippen molar-refractivity contribution in [2.24, 2.45) is 0 Å². The fourth-order valence-corrected chi connectivity index (χ4v) is 6.69. The van der Waals surface area contributed by atoms with Crippen LogP contribution in [0.5, 0.6) is 0 Å². The zero-order valence-electron chi connectivity index (χ0n) is 24.9. The number of nitrogens with zero attached hydrogens (tertiary/aromatic N) is 6. The number of aromatic nitrogens is 2. The van der Waals surface area contributed by atoms with E-state index in [2.05, 4.69) is 10.3 Å². The van der Waals surface area contributed by atoms with E-state index in [1.165, 1.54) is 6.20 Å². The lowest BCUT2D eigenvalue weighted by Gasteiger charge is -2.32. The molecular formula is C23H41N7O14P2. The number of hydrogen-bond acceptors (Lipinski definition) is 12. The Kier molecular flexibility index (Phi) is 14.9. The number of amides is 1. The highest BCUT2D eigenvalue weighted by Gasteiger charge is 2.59. The lowest BCUT2D eigenvalue weighted by atomic mass is 10.3. The molecule has 1 aromatic rings. The quantitative estimate of drug-likeness (QED) is 0.0787. The molecule has 1 amide bonds. The number of rotatable bonds is 15. The number of hydrogen-bond donors (Lipinski definition) is 9. The predicted molar refractivity (Wildman–Crippen MR) is 157 cm³/mol. The molecule has 0 unspecified atom stereocenters. The van der Waals surface area contributed by atoms with Crippen LogP contribution in [0.2, 0.25) is 0 Å². The average Bonchev–Trinajstić information content (AvgIpc) is 3.34. The van der Waals surface area contributed by atoms with E-state index >= 15 is 0 Å². The average molecular weight is 702 g/mol. The van der Waals surface area contributed by atoms with Crippen LogP contribution in [0.4, 0.5) is 0 Å². The van der Waals surface area contributed by atoms with E-state index in [9.17, 15) is 68.3 Å². The summed E-state index contributed by atoms with van der Waals surface area (Å²) in [4.78, 5) is 95.0. The summed E-state index contributed by atoms with van der Waals surface area (Å²) in [6, 6.07) is 0. The van der Waals surface area contributed by atoms with Crippen LogP contribution >= 0.6 is 15.2 Å². The van der Waals surface area contributed by atoms with Gasteiger partial charge in [0, 0.05) is 77.2 Å². The smallest absolute Gasteiger partial charge is 0.371 e. The van der Waals surface area contributed by atoms with Gasteiger partial charge in [-0.05, 0) is 0 Å². The van der Waals surface area contributed by atoms with Crippen molar-refractivity contribution in [2.45, 2.75) is 18.0 Å². The van der Waals surface area contributed by atoms with Crippen LogP contribution in [0.25, 0.3) is 0 Å². The third-order valence-corrected chi connectivity index (χ3v) is 10.9. The zero-order valence-corrected chi connectivity index (χ0v) is 26.7. The van der Waals surface area contributed by atoms with Crippen LogP contribution in [-0.2, 0) is 41.3 Å². The normalized spacial score (nSPS) is 17.6. The highest BCUT2D eigenvalue weighted by Crippen LogP contribution is 2.68. The first kappa shape index (κ1) is 39.4. The van der Waals surface area contributed by atoms with Gasteiger partial charge in [-0.1, -0.05) is 0 Å². The molecule has 0 bridgehead atoms. The molecule has 1 saturated heterocycles. The van der Waals surface area contributed by atoms with E-state index in [-0.39, 0.29) is 97.2 Å². The molecule has 0 saturated carbocycles. The molecule has 262 valence electrons. The lowest BCUT2D eigenvalue weighted by molar-refractivity contribution is -0.140. The van der Waals surface area contributed by atoms with E-state index in [0.29, 0.717) is 0 Å². The highest BCUT2D eigenvalue weighted by atomic mass is 31.2. The number of carbonyl (C=O) groups is 4. The van der Waals surface area contributed by atoms with E-state index in [1.54, 1.807) is 19.6 Å². The van der Waals surface area contributed by atoms with Crippen LogP contribution in [-0.4, -0.2) is 183 Å². The standard InChI is InChI=1S/C23H41N7O14P2/c31-19(25-2-1-18-11-24-17-30(18)16-23(38,45(39,40)41)46(42,43)44)12-26-3-5-27(13-20(32)33)7-9-29(15-22(36)37)10-8-28(6-4-26)14-21(34)35/h11,17,38H,1-10,12-16H2,(H,25,31)(H,32,33)(H,34,35)(H,36,37)(H2,39,40,41)(H2,42,43,44). The summed E-state index contributed by atoms with van der Waals surface area (Å²) in [6.45, 7) is -0.603. The molecule has 0 aliphatic carbocycles. The summed E-state index contributed by atoms with van der Waals surface area (Å²) in [5.41, 5.74) is 0.192. The Labute approximate surface area is 263 Å². The Morgan fingerprint density at radius 3 is 1.43 bits per heavy atom. The first-order valence-corrected chi connectivity index (χ1v) is 17.2. The number of carboxylic acids is 3. The molecule has 23 heteroatoms. The van der Waals surface area contributed by atoms with Crippen molar-refractivity contribution in [3.05, 3.63) is 18.2 Å². The third kappa shape index (κ3) is 12.8. The molecule has 1 aromatic heterocycles. The third-order valence-electron chi connectivity index (χ3n) is 7.19. The lowest BCUT2D eigenvalue weighted by Crippen LogP contribution is -2.49. The van der Waals surface area contributed by atoms with Crippen molar-refractivity contribution in [1.29, 1.82) is 0 Å². The van der Waals surface area contributed by atoms with Gasteiger partial charge in [0.05, 0.1) is 39.1 Å². The SMILES string of the molecule is O=C(O)CN1CCN(CC(=O)O)CCN(CC(=O)NCCc2cncn2CC(O)(P(=O)(O)O)P(=O)(O)O)CCN(CC(=O)O)CC1. The number of carboxylic acid groups (broad SMARTS) is 3. The Hall–Kier alpha value is -2.81. The predicted octanol–water partition coefficient (Wildman–Crippen LogP) is -3.98. The molecule has 2 heterocycles. The van der Waals surface area contributed by atoms with Crippen molar-refractivity contribution in [3.63, 3.8) is 0 Å². The highest BCUT2D eigenvalue weighted by molar-refractivity contribution is 7.72. The Morgan fingerprint density at radius 2 is 1.09 bits per heavy atom. The minimum absolute atomic E-state index is 0.00421. The number of aliphatic hydroxyl groups is 1. The van der Waals surface area contributed by atoms with E-state index < -0.39 is 50.6 Å². The van der Waals surface area contributed by atoms with E-state index in [1.807, 2.05) is 0 Å². The van der Waals surface area contributed by atoms with E-state index in [4.69, 9.17) is 0 Å². The minimum atomic E-state index is -5.71. The fourth-order valence-electron chi connectivity index (χ4n) is 4.66. The summed E-state index contributed by atoms with van der Waals surface area (Å²) < 4.78 is 24.4. The van der Waals surface area contributed by atoms with Gasteiger partial charge in [-0.2, -0.15) is 0 Å². The van der Waals surface area contributed by atoms with Crippen molar-refractivity contribution < 1.29 is 68.3 Å². The Balaban J connectivity index is 2.08. The first-order chi connectivity index (χ1) is 21.3. The number of aliphatic carboxylic acids is 3. The van der Waals surface area contributed by atoms with Crippen LogP contribution in [0.15, 0.2) is 12.5 Å². The molecule has 1 aliphatic heterocycles. The van der Waals surface area contributed by atoms with Gasteiger partial charge in [0.1, 0.15) is 0 Å². The molecule has 1 fully saturated rings. The van der Waals surface area contributed by atoms with Gasteiger partial charge >= 0.3 is 33.1 Å². The fraction of sp³-hybridized carbons (Fsp3) is 0.696. The van der Waals surface area contributed by atoms with Gasteiger partial charge in [-0.25, -0.2) is 4.98 Å². The van der Waals surface area contributed by atoms with Gasteiger partial charge < -0.3 is 49.9 Å². The van der Waals surface area contributed by atoms with Gasteiger partial charge in [0.25, 0.3) is 5.08 Å². The van der Waals surface area contributed by atoms with Gasteiger partial charge in [0.15, 0.2) is 0 Å². The summed E-state index contributed by atoms with van der Waals surface area (Å²) >= 11 is 0. The summed E-state index contributed by atoms with van der Waals surface area (Å²) in [5.74, 6) is -3.73. The maximum absolute atomic E-state index is 12.9. The van der Waals surface area contributed by atoms with Crippen molar-refractivity contribution in [1.82, 2.24) is 34.5 Å². The summed E-state index contributed by atoms with van der Waals surface area (Å²) in [6.07, 6.45) is 2.24. The van der Waals surface area contributed by atoms with Crippen molar-refractivity contribution in [3.8, 4) is 0 Å². The first-order valence-electron chi connectivity index (χ1n) is 13.9. The molecule has 46 heavy (non-hydrogen) atoms. The summed E-state index contributed by atoms with van der Waals surface area (Å²) in [5, 5.41) is 37.1. The monoisotopic (exact) mass is 701 g/mol. The molecule has 9 N–H and O–H groups in total. The topological polar surface area (TPSA) is 307 Å². The molecule has 2 rings (SSSR count). The van der Waals surface area contributed by atoms with Crippen LogP contribution in [0.1, 0.15) is 5.69 Å². The Bertz CT molecular complexity index is 1250. The maximum atomic E-state index is 12.9. The molecule has 0 aromatic carbocycles. The maximum Gasteiger partial charge on any atom is 0.371 e. The molecule has 1 aliphatic rings. The van der Waals surface area contributed by atoms with Gasteiger partial charge in [0.2, 0.25) is 5.91 Å². The molecule has 21 nitrogen and oxygen atoms in total. The molecule has 0 spiro atoms. The van der Waals surface area contributed by atoms with Crippen LogP contribution < -0.4 is 5.32 Å². The second-order valence-corrected chi connectivity index (χ2v) is 14.8. The van der Waals surface area contributed by atoms with Crippen molar-refractivity contribution in [2.75, 3.05) is 85.1 Å². The minimum Gasteiger partial charge on any atom is -0.480 e. The Morgan fingerprint density at radius 1 is 0.717 bits per heavy atom. The number of nitrogens with one attached hydrogen (secondary N) is 1. The van der Waals surface area contributed by atoms with Crippen molar-refractivity contribution >= 4 is 39.0 Å². The van der Waals surface area contributed by atoms with E-state index in [0.717, 1.165) is 10.9 Å². The van der Waals surface area contributed by atoms with Gasteiger partial charge in [-0.15, -0.1) is 0 Å². The molecule has 0 atom stereocenters. The van der Waals surface area contributed by atoms with Crippen LogP contribution in [0.3, 0.4) is 0 Å². The molecular weight excluding hydrogens is 660 g/mol. The second-order valence-electron chi connectivity index (χ2n) is 10.8.